The van der Waals surface area contributed by atoms with Crippen molar-refractivity contribution in [2.75, 3.05) is 13.2 Å². The number of nitrogens with zero attached hydrogens (tertiary/aromatic N) is 3. The summed E-state index contributed by atoms with van der Waals surface area (Å²) in [6.45, 7) is 0.322. The third-order valence-electron chi connectivity index (χ3n) is 8.91. The van der Waals surface area contributed by atoms with Gasteiger partial charge in [0.25, 0.3) is 0 Å². The van der Waals surface area contributed by atoms with Crippen LogP contribution in [-0.2, 0) is 0 Å². The number of hydrazone groups is 1. The molecule has 28 heavy (non-hydrogen) atoms. The highest BCUT2D eigenvalue weighted by molar-refractivity contribution is 6.66. The van der Waals surface area contributed by atoms with Gasteiger partial charge in [-0.05, 0) is 67.3 Å². The van der Waals surface area contributed by atoms with Gasteiger partial charge in [0.05, 0.1) is 12.3 Å². The molecule has 144 valence electrons. The first-order chi connectivity index (χ1) is 13.7. The summed E-state index contributed by atoms with van der Waals surface area (Å²) in [6, 6.07) is 2.07. The molecule has 3 heterocycles. The first-order valence-corrected chi connectivity index (χ1v) is 10.8. The van der Waals surface area contributed by atoms with Crippen molar-refractivity contribution in [2.45, 2.75) is 32.1 Å². The summed E-state index contributed by atoms with van der Waals surface area (Å²) in [4.78, 5) is 9.43. The van der Waals surface area contributed by atoms with Gasteiger partial charge in [-0.3, -0.25) is 0 Å². The molecule has 3 N–H and O–H groups in total. The summed E-state index contributed by atoms with van der Waals surface area (Å²) in [5.41, 5.74) is 4.54. The van der Waals surface area contributed by atoms with Crippen LogP contribution in [0.1, 0.15) is 37.7 Å². The van der Waals surface area contributed by atoms with Crippen molar-refractivity contribution in [1.82, 2.24) is 14.9 Å². The van der Waals surface area contributed by atoms with Crippen LogP contribution < -0.4 is 5.46 Å². The van der Waals surface area contributed by atoms with E-state index in [1.54, 1.807) is 11.1 Å². The minimum absolute atomic E-state index is 0.0192. The molecular weight excluding hydrogens is 351 g/mol. The van der Waals surface area contributed by atoms with Crippen LogP contribution in [0.4, 0.5) is 0 Å². The number of hydrogen-bond donors (Lipinski definition) is 3. The highest BCUT2D eigenvalue weighted by Gasteiger charge is 2.70. The summed E-state index contributed by atoms with van der Waals surface area (Å²) in [7, 11) is -0.845. The summed E-state index contributed by atoms with van der Waals surface area (Å²) in [6.07, 6.45) is 10.7. The molecule has 3 bridgehead atoms. The lowest BCUT2D eigenvalue weighted by molar-refractivity contribution is -0.00780. The van der Waals surface area contributed by atoms with E-state index in [1.807, 2.05) is 6.20 Å². The Balaban J connectivity index is 1.42. The van der Waals surface area contributed by atoms with E-state index in [4.69, 9.17) is 5.10 Å². The van der Waals surface area contributed by atoms with Gasteiger partial charge in [-0.25, -0.2) is 4.98 Å². The number of aliphatic hydroxyl groups excluding tert-OH is 1. The number of H-pyrrole nitrogens is 1. The van der Waals surface area contributed by atoms with Crippen molar-refractivity contribution in [3.8, 4) is 0 Å². The largest absolute Gasteiger partial charge is 0.468 e. The minimum atomic E-state index is -0.845. The number of hydrogen-bond acceptors (Lipinski definition) is 5. The van der Waals surface area contributed by atoms with Gasteiger partial charge < -0.3 is 20.0 Å². The van der Waals surface area contributed by atoms with Gasteiger partial charge in [-0.1, -0.05) is 0 Å². The number of pyridine rings is 1. The lowest BCUT2D eigenvalue weighted by Gasteiger charge is -2.51. The highest BCUT2D eigenvalue weighted by atomic mass is 16.3. The van der Waals surface area contributed by atoms with Crippen molar-refractivity contribution in [3.05, 3.63) is 24.0 Å². The average Bonchev–Trinajstić information content (AvgIpc) is 3.29. The minimum Gasteiger partial charge on any atom is -0.428 e. The molecule has 2 aromatic rings. The Kier molecular flexibility index (Phi) is 2.97. The van der Waals surface area contributed by atoms with Crippen LogP contribution in [0.5, 0.6) is 0 Å². The molecule has 1 aliphatic heterocycles. The number of aliphatic hydroxyl groups is 1. The van der Waals surface area contributed by atoms with Gasteiger partial charge in [-0.2, -0.15) is 5.10 Å². The van der Waals surface area contributed by atoms with Crippen molar-refractivity contribution < 1.29 is 10.1 Å². The molecule has 4 saturated carbocycles. The number of aromatic amines is 1. The van der Waals surface area contributed by atoms with Crippen molar-refractivity contribution in [3.63, 3.8) is 0 Å². The lowest BCUT2D eigenvalue weighted by atomic mass is 9.53. The molecular formula is C21H25BN4O2. The lowest BCUT2D eigenvalue weighted by Crippen LogP contribution is -2.55. The van der Waals surface area contributed by atoms with E-state index >= 15 is 0 Å². The predicted octanol–water partition coefficient (Wildman–Crippen LogP) is 1.33. The zero-order valence-corrected chi connectivity index (χ0v) is 15.9. The quantitative estimate of drug-likeness (QED) is 0.706. The molecule has 6 atom stereocenters. The van der Waals surface area contributed by atoms with E-state index in [-0.39, 0.29) is 6.61 Å². The zero-order valence-electron chi connectivity index (χ0n) is 15.9. The van der Waals surface area contributed by atoms with Gasteiger partial charge >= 0.3 is 7.05 Å². The normalized spacial score (nSPS) is 39.9. The molecule has 4 fully saturated rings. The van der Waals surface area contributed by atoms with Gasteiger partial charge in [0, 0.05) is 41.3 Å². The fraction of sp³-hybridized carbons (Fsp3) is 0.619. The van der Waals surface area contributed by atoms with Crippen LogP contribution >= 0.6 is 0 Å². The highest BCUT2D eigenvalue weighted by Crippen LogP contribution is 2.77. The maximum Gasteiger partial charge on any atom is 0.468 e. The molecule has 0 aromatic carbocycles. The standard InChI is InChI=1S/C21H25BN4O2/c27-4-3-26-22(28)16-10-24-20-14(1-2-23-20)18(16)19(25-26)17-12-5-11-6-13-7-15(17)21(13,8-11)9-12/h1-2,10-13,15,17,27-28H,3-9H2,(H,23,24)/t11?,12?,13?,15?,17-,21?/m1/s1. The van der Waals surface area contributed by atoms with E-state index in [2.05, 4.69) is 16.0 Å². The molecule has 7 heteroatoms. The Labute approximate surface area is 164 Å². The van der Waals surface area contributed by atoms with E-state index in [0.29, 0.717) is 17.9 Å². The second-order valence-corrected chi connectivity index (χ2v) is 9.88. The topological polar surface area (TPSA) is 84.7 Å². The molecule has 4 aliphatic carbocycles. The van der Waals surface area contributed by atoms with Crippen molar-refractivity contribution in [1.29, 1.82) is 0 Å². The number of β-amino-alcohol motifs (C(OH)–C–C–N with tert-alkyl or cyclic N) is 1. The maximum atomic E-state index is 10.9. The molecule has 2 aromatic heterocycles. The second-order valence-electron chi connectivity index (χ2n) is 9.88. The third-order valence-corrected chi connectivity index (χ3v) is 8.91. The summed E-state index contributed by atoms with van der Waals surface area (Å²) < 4.78 is 0. The van der Waals surface area contributed by atoms with Crippen LogP contribution in [0.2, 0.25) is 0 Å². The molecule has 1 spiro atoms. The molecule has 7 rings (SSSR count). The zero-order chi connectivity index (χ0) is 18.6. The van der Waals surface area contributed by atoms with Gasteiger partial charge in [-0.15, -0.1) is 0 Å². The van der Waals surface area contributed by atoms with E-state index < -0.39 is 7.05 Å². The Morgan fingerprint density at radius 2 is 2.21 bits per heavy atom. The van der Waals surface area contributed by atoms with Crippen molar-refractivity contribution >= 4 is 29.3 Å². The van der Waals surface area contributed by atoms with Crippen LogP contribution in [0, 0.1) is 35.0 Å². The smallest absolute Gasteiger partial charge is 0.428 e. The van der Waals surface area contributed by atoms with Crippen LogP contribution in [0.3, 0.4) is 0 Å². The summed E-state index contributed by atoms with van der Waals surface area (Å²) >= 11 is 0. The van der Waals surface area contributed by atoms with Gasteiger partial charge in [0.1, 0.15) is 5.65 Å². The number of fused-ring (bicyclic) bond motifs is 5. The maximum absolute atomic E-state index is 10.9. The predicted molar refractivity (Wildman–Crippen MR) is 107 cm³/mol. The van der Waals surface area contributed by atoms with E-state index in [9.17, 15) is 10.1 Å². The van der Waals surface area contributed by atoms with Crippen molar-refractivity contribution in [2.24, 2.45) is 40.1 Å². The van der Waals surface area contributed by atoms with Crippen LogP contribution in [0.25, 0.3) is 11.0 Å². The molecule has 0 saturated heterocycles. The fourth-order valence-electron chi connectivity index (χ4n) is 8.11. The van der Waals surface area contributed by atoms with E-state index in [0.717, 1.165) is 51.4 Å². The van der Waals surface area contributed by atoms with Crippen LogP contribution in [-0.4, -0.2) is 50.9 Å². The van der Waals surface area contributed by atoms with Crippen LogP contribution in [0.15, 0.2) is 23.6 Å². The van der Waals surface area contributed by atoms with E-state index in [1.165, 1.54) is 32.1 Å². The molecule has 5 unspecified atom stereocenters. The Hall–Kier alpha value is -1.86. The van der Waals surface area contributed by atoms with Gasteiger partial charge in [0.15, 0.2) is 0 Å². The number of nitrogens with one attached hydrogen (secondary N) is 1. The number of rotatable bonds is 3. The Morgan fingerprint density at radius 1 is 1.29 bits per heavy atom. The van der Waals surface area contributed by atoms with Gasteiger partial charge in [0.2, 0.25) is 0 Å². The Bertz CT molecular complexity index is 1020. The summed E-state index contributed by atoms with van der Waals surface area (Å²) in [5, 5.41) is 26.5. The SMILES string of the molecule is OCCN1N=C([C@@H]2C3CC4CC5CC2C5(C4)C3)c2c(cnc3[nH]ccc23)B1O. The second kappa shape index (κ2) is 5.19. The first kappa shape index (κ1) is 16.0. The molecule has 0 amide bonds. The average molecular weight is 376 g/mol. The molecule has 5 aliphatic rings. The summed E-state index contributed by atoms with van der Waals surface area (Å²) in [5.74, 6) is 3.82. The molecule has 0 radical (unpaired) electrons. The first-order valence-electron chi connectivity index (χ1n) is 10.8. The third kappa shape index (κ3) is 1.74. The molecule has 6 nitrogen and oxygen atoms in total. The monoisotopic (exact) mass is 376 g/mol. The fourth-order valence-corrected chi connectivity index (χ4v) is 8.11. The Morgan fingerprint density at radius 3 is 3.11 bits per heavy atom. The number of aromatic nitrogens is 2.